The van der Waals surface area contributed by atoms with Crippen LogP contribution in [0.5, 0.6) is 0 Å². The van der Waals surface area contributed by atoms with Gasteiger partial charge in [-0.15, -0.1) is 11.3 Å². The number of aromatic nitrogens is 1. The molecular formula is C16H14N2O2S2. The van der Waals surface area contributed by atoms with Crippen LogP contribution in [0.2, 0.25) is 0 Å². The Balaban J connectivity index is 1.82. The van der Waals surface area contributed by atoms with Gasteiger partial charge in [0.15, 0.2) is 0 Å². The van der Waals surface area contributed by atoms with E-state index in [0.29, 0.717) is 9.90 Å². The highest BCUT2D eigenvalue weighted by molar-refractivity contribution is 7.94. The summed E-state index contributed by atoms with van der Waals surface area (Å²) in [5, 5.41) is 0. The molecule has 0 fully saturated rings. The van der Waals surface area contributed by atoms with E-state index in [1.807, 2.05) is 37.3 Å². The van der Waals surface area contributed by atoms with Gasteiger partial charge in [0, 0.05) is 10.4 Å². The summed E-state index contributed by atoms with van der Waals surface area (Å²) in [4.78, 5) is 5.26. The lowest BCUT2D eigenvalue weighted by Crippen LogP contribution is -2.11. The molecule has 22 heavy (non-hydrogen) atoms. The van der Waals surface area contributed by atoms with Gasteiger partial charge in [0.25, 0.3) is 10.0 Å². The lowest BCUT2D eigenvalue weighted by Gasteiger charge is -2.07. The zero-order valence-electron chi connectivity index (χ0n) is 11.9. The average Bonchev–Trinajstić information content (AvgIpc) is 2.96. The van der Waals surface area contributed by atoms with Crippen LogP contribution in [0.3, 0.4) is 0 Å². The number of hydrogen-bond donors (Lipinski definition) is 1. The summed E-state index contributed by atoms with van der Waals surface area (Å²) in [6, 6.07) is 16.6. The maximum absolute atomic E-state index is 12.2. The summed E-state index contributed by atoms with van der Waals surface area (Å²) in [5.41, 5.74) is 2.24. The molecule has 0 saturated carbocycles. The first-order valence-electron chi connectivity index (χ1n) is 6.65. The third-order valence-corrected chi connectivity index (χ3v) is 5.94. The molecule has 0 atom stereocenters. The number of sulfonamides is 1. The number of pyridine rings is 1. The number of nitrogens with one attached hydrogen (secondary N) is 1. The van der Waals surface area contributed by atoms with Crippen molar-refractivity contribution in [2.24, 2.45) is 0 Å². The molecule has 4 nitrogen and oxygen atoms in total. The lowest BCUT2D eigenvalue weighted by molar-refractivity contribution is 0.603. The summed E-state index contributed by atoms with van der Waals surface area (Å²) >= 11 is 1.24. The van der Waals surface area contributed by atoms with Crippen LogP contribution in [0.1, 0.15) is 4.88 Å². The van der Waals surface area contributed by atoms with Crippen LogP contribution in [-0.4, -0.2) is 13.4 Å². The highest BCUT2D eigenvalue weighted by atomic mass is 32.2. The van der Waals surface area contributed by atoms with Crippen molar-refractivity contribution in [2.45, 2.75) is 11.1 Å². The zero-order valence-corrected chi connectivity index (χ0v) is 13.5. The van der Waals surface area contributed by atoms with Gasteiger partial charge in [0.2, 0.25) is 0 Å². The first-order chi connectivity index (χ1) is 10.5. The molecule has 3 aromatic rings. The van der Waals surface area contributed by atoms with E-state index in [1.54, 1.807) is 24.3 Å². The second-order valence-corrected chi connectivity index (χ2v) is 7.97. The molecule has 0 aliphatic rings. The van der Waals surface area contributed by atoms with Gasteiger partial charge in [-0.2, -0.15) is 0 Å². The molecular weight excluding hydrogens is 316 g/mol. The highest BCUT2D eigenvalue weighted by Crippen LogP contribution is 2.24. The monoisotopic (exact) mass is 330 g/mol. The fraction of sp³-hybridized carbons (Fsp3) is 0.0625. The Kier molecular flexibility index (Phi) is 3.96. The summed E-state index contributed by atoms with van der Waals surface area (Å²) < 4.78 is 27.3. The van der Waals surface area contributed by atoms with Crippen molar-refractivity contribution < 1.29 is 8.42 Å². The van der Waals surface area contributed by atoms with Crippen molar-refractivity contribution in [1.82, 2.24) is 4.98 Å². The Labute approximate surface area is 133 Å². The molecule has 0 spiro atoms. The molecule has 0 aliphatic carbocycles. The maximum atomic E-state index is 12.2. The van der Waals surface area contributed by atoms with E-state index in [2.05, 4.69) is 9.71 Å². The maximum Gasteiger partial charge on any atom is 0.271 e. The molecule has 0 radical (unpaired) electrons. The van der Waals surface area contributed by atoms with Crippen molar-refractivity contribution in [3.8, 4) is 11.3 Å². The number of hydrogen-bond acceptors (Lipinski definition) is 4. The average molecular weight is 330 g/mol. The SMILES string of the molecule is Cc1ccc(S(=O)(=O)Nc2ccc(-c3ccccc3)nc2)s1. The van der Waals surface area contributed by atoms with Crippen molar-refractivity contribution >= 4 is 27.0 Å². The molecule has 3 rings (SSSR count). The summed E-state index contributed by atoms with van der Waals surface area (Å²) in [5.74, 6) is 0. The fourth-order valence-electron chi connectivity index (χ4n) is 2.00. The first kappa shape index (κ1) is 14.7. The zero-order chi connectivity index (χ0) is 15.6. The molecule has 1 N–H and O–H groups in total. The Hall–Kier alpha value is -2.18. The van der Waals surface area contributed by atoms with Gasteiger partial charge in [-0.3, -0.25) is 9.71 Å². The van der Waals surface area contributed by atoms with Crippen LogP contribution in [0.15, 0.2) is 65.0 Å². The van der Waals surface area contributed by atoms with E-state index < -0.39 is 10.0 Å². The van der Waals surface area contributed by atoms with Gasteiger partial charge in [0.05, 0.1) is 17.6 Å². The van der Waals surface area contributed by atoms with E-state index in [4.69, 9.17) is 0 Å². The van der Waals surface area contributed by atoms with Gasteiger partial charge < -0.3 is 0 Å². The molecule has 0 bridgehead atoms. The van der Waals surface area contributed by atoms with Crippen LogP contribution < -0.4 is 4.72 Å². The topological polar surface area (TPSA) is 59.1 Å². The van der Waals surface area contributed by atoms with Crippen molar-refractivity contribution in [1.29, 1.82) is 0 Å². The van der Waals surface area contributed by atoms with Gasteiger partial charge in [-0.05, 0) is 31.2 Å². The van der Waals surface area contributed by atoms with Crippen LogP contribution in [-0.2, 0) is 10.0 Å². The number of rotatable bonds is 4. The standard InChI is InChI=1S/C16H14N2O2S2/c1-12-7-10-16(21-12)22(19,20)18-14-8-9-15(17-11-14)13-5-3-2-4-6-13/h2-11,18H,1H3. The van der Waals surface area contributed by atoms with E-state index in [0.717, 1.165) is 16.1 Å². The number of nitrogens with zero attached hydrogens (tertiary/aromatic N) is 1. The van der Waals surface area contributed by atoms with Crippen molar-refractivity contribution in [3.05, 3.63) is 65.7 Å². The molecule has 0 saturated heterocycles. The van der Waals surface area contributed by atoms with Crippen LogP contribution in [0.25, 0.3) is 11.3 Å². The molecule has 2 aromatic heterocycles. The minimum Gasteiger partial charge on any atom is -0.277 e. The summed E-state index contributed by atoms with van der Waals surface area (Å²) in [6.07, 6.45) is 1.53. The predicted molar refractivity (Wildman–Crippen MR) is 89.5 cm³/mol. The minimum absolute atomic E-state index is 0.303. The molecule has 1 aromatic carbocycles. The smallest absolute Gasteiger partial charge is 0.271 e. The molecule has 0 amide bonds. The van der Waals surface area contributed by atoms with Crippen molar-refractivity contribution in [3.63, 3.8) is 0 Å². The highest BCUT2D eigenvalue weighted by Gasteiger charge is 2.16. The van der Waals surface area contributed by atoms with Gasteiger partial charge >= 0.3 is 0 Å². The van der Waals surface area contributed by atoms with E-state index >= 15 is 0 Å². The predicted octanol–water partition coefficient (Wildman–Crippen LogP) is 3.92. The minimum atomic E-state index is -3.54. The van der Waals surface area contributed by atoms with Gasteiger partial charge in [-0.1, -0.05) is 30.3 Å². The van der Waals surface area contributed by atoms with Gasteiger partial charge in [0.1, 0.15) is 4.21 Å². The second-order valence-electron chi connectivity index (χ2n) is 4.77. The number of thiophene rings is 1. The van der Waals surface area contributed by atoms with E-state index in [-0.39, 0.29) is 0 Å². The van der Waals surface area contributed by atoms with Crippen LogP contribution in [0.4, 0.5) is 5.69 Å². The number of aryl methyl sites for hydroxylation is 1. The number of benzene rings is 1. The Morgan fingerprint density at radius 2 is 1.77 bits per heavy atom. The Morgan fingerprint density at radius 1 is 1.00 bits per heavy atom. The molecule has 0 unspecified atom stereocenters. The third-order valence-electron chi connectivity index (χ3n) is 3.07. The third kappa shape index (κ3) is 3.18. The number of anilines is 1. The normalized spacial score (nSPS) is 11.3. The summed E-state index contributed by atoms with van der Waals surface area (Å²) in [7, 11) is -3.54. The molecule has 6 heteroatoms. The van der Waals surface area contributed by atoms with Crippen LogP contribution >= 0.6 is 11.3 Å². The summed E-state index contributed by atoms with van der Waals surface area (Å²) in [6.45, 7) is 1.87. The fourth-order valence-corrected chi connectivity index (χ4v) is 4.32. The molecule has 2 heterocycles. The van der Waals surface area contributed by atoms with Crippen molar-refractivity contribution in [2.75, 3.05) is 4.72 Å². The molecule has 112 valence electrons. The lowest BCUT2D eigenvalue weighted by atomic mass is 10.1. The second kappa shape index (κ2) is 5.90. The van der Waals surface area contributed by atoms with Crippen LogP contribution in [0, 0.1) is 6.92 Å². The quantitative estimate of drug-likeness (QED) is 0.789. The van der Waals surface area contributed by atoms with E-state index in [9.17, 15) is 8.42 Å². The van der Waals surface area contributed by atoms with Gasteiger partial charge in [-0.25, -0.2) is 8.42 Å². The first-order valence-corrected chi connectivity index (χ1v) is 8.95. The Morgan fingerprint density at radius 3 is 2.36 bits per heavy atom. The largest absolute Gasteiger partial charge is 0.277 e. The Bertz CT molecular complexity index is 870. The molecule has 0 aliphatic heterocycles. The van der Waals surface area contributed by atoms with E-state index in [1.165, 1.54) is 17.5 Å².